The van der Waals surface area contributed by atoms with Crippen LogP contribution in [0.15, 0.2) is 24.3 Å². The Morgan fingerprint density at radius 2 is 1.95 bits per heavy atom. The summed E-state index contributed by atoms with van der Waals surface area (Å²) < 4.78 is 0. The molecule has 0 saturated carbocycles. The van der Waals surface area contributed by atoms with Crippen molar-refractivity contribution >= 4 is 17.2 Å². The Bertz CT molecular complexity index is 488. The van der Waals surface area contributed by atoms with E-state index in [1.165, 1.54) is 6.42 Å². The van der Waals surface area contributed by atoms with E-state index in [4.69, 9.17) is 18.0 Å². The van der Waals surface area contributed by atoms with Crippen molar-refractivity contribution in [3.8, 4) is 0 Å². The molecule has 0 bridgehead atoms. The molecule has 3 nitrogen and oxygen atoms in total. The lowest BCUT2D eigenvalue weighted by molar-refractivity contribution is 0.0316. The Morgan fingerprint density at radius 1 is 1.33 bits per heavy atom. The zero-order valence-corrected chi connectivity index (χ0v) is 13.9. The normalized spacial score (nSPS) is 28.3. The Labute approximate surface area is 133 Å². The van der Waals surface area contributed by atoms with E-state index < -0.39 is 6.10 Å². The highest BCUT2D eigenvalue weighted by molar-refractivity contribution is 7.80. The number of thiocarbonyl (C=S) groups is 1. The first kappa shape index (κ1) is 16.4. The van der Waals surface area contributed by atoms with Crippen LogP contribution in [0.2, 0.25) is 0 Å². The molecule has 1 aliphatic heterocycles. The van der Waals surface area contributed by atoms with E-state index >= 15 is 0 Å². The first-order valence-corrected chi connectivity index (χ1v) is 8.11. The molecular formula is C17H26N2OS. The molecule has 2 rings (SSSR count). The number of piperidine rings is 1. The van der Waals surface area contributed by atoms with E-state index in [0.29, 0.717) is 29.4 Å². The first-order chi connectivity index (χ1) is 9.88. The van der Waals surface area contributed by atoms with Gasteiger partial charge in [-0.3, -0.25) is 4.90 Å². The van der Waals surface area contributed by atoms with Crippen molar-refractivity contribution in [2.75, 3.05) is 13.1 Å². The van der Waals surface area contributed by atoms with E-state index in [9.17, 15) is 5.11 Å². The summed E-state index contributed by atoms with van der Waals surface area (Å²) in [6.45, 7) is 8.60. The molecule has 1 saturated heterocycles. The minimum Gasteiger partial charge on any atom is -0.389 e. The standard InChI is InChI=1S/C17H26N2OS/c1-11-8-12(2)13(3)19(9-11)10-16(20)14-4-6-15(7-5-14)17(18)21/h4-7,11-13,16,20H,8-10H2,1-3H3,(H2,18,21). The van der Waals surface area contributed by atoms with Crippen molar-refractivity contribution < 1.29 is 5.11 Å². The number of aliphatic hydroxyl groups is 1. The highest BCUT2D eigenvalue weighted by atomic mass is 32.1. The second-order valence-corrected chi connectivity index (χ2v) is 6.95. The number of likely N-dealkylation sites (tertiary alicyclic amines) is 1. The summed E-state index contributed by atoms with van der Waals surface area (Å²) in [6, 6.07) is 8.12. The van der Waals surface area contributed by atoms with Gasteiger partial charge in [-0.05, 0) is 30.7 Å². The van der Waals surface area contributed by atoms with Crippen LogP contribution in [-0.2, 0) is 0 Å². The number of benzene rings is 1. The molecule has 1 heterocycles. The molecule has 4 atom stereocenters. The molecular weight excluding hydrogens is 280 g/mol. The Balaban J connectivity index is 2.03. The third kappa shape index (κ3) is 4.02. The maximum atomic E-state index is 10.5. The number of hydrogen-bond donors (Lipinski definition) is 2. The Morgan fingerprint density at radius 3 is 2.52 bits per heavy atom. The number of hydrogen-bond acceptors (Lipinski definition) is 3. The smallest absolute Gasteiger partial charge is 0.103 e. The average molecular weight is 306 g/mol. The molecule has 116 valence electrons. The van der Waals surface area contributed by atoms with Gasteiger partial charge < -0.3 is 10.8 Å². The zero-order valence-electron chi connectivity index (χ0n) is 13.1. The van der Waals surface area contributed by atoms with Crippen LogP contribution < -0.4 is 5.73 Å². The van der Waals surface area contributed by atoms with Gasteiger partial charge in [0.1, 0.15) is 4.99 Å². The van der Waals surface area contributed by atoms with Crippen LogP contribution in [0, 0.1) is 11.8 Å². The van der Waals surface area contributed by atoms with Gasteiger partial charge in [-0.2, -0.15) is 0 Å². The van der Waals surface area contributed by atoms with Gasteiger partial charge in [-0.15, -0.1) is 0 Å². The summed E-state index contributed by atoms with van der Waals surface area (Å²) in [7, 11) is 0. The predicted octanol–water partition coefficient (Wildman–Crippen LogP) is 2.72. The molecule has 0 amide bonds. The first-order valence-electron chi connectivity index (χ1n) is 7.70. The van der Waals surface area contributed by atoms with Crippen LogP contribution in [0.25, 0.3) is 0 Å². The number of nitrogens with zero attached hydrogens (tertiary/aromatic N) is 1. The number of nitrogens with two attached hydrogens (primary N) is 1. The van der Waals surface area contributed by atoms with Gasteiger partial charge in [0.2, 0.25) is 0 Å². The molecule has 0 aromatic heterocycles. The van der Waals surface area contributed by atoms with Crippen molar-refractivity contribution in [1.82, 2.24) is 4.90 Å². The highest BCUT2D eigenvalue weighted by Crippen LogP contribution is 2.28. The molecule has 0 radical (unpaired) electrons. The van der Waals surface area contributed by atoms with E-state index in [1.54, 1.807) is 0 Å². The second kappa shape index (κ2) is 6.86. The van der Waals surface area contributed by atoms with Crippen molar-refractivity contribution in [2.24, 2.45) is 17.6 Å². The van der Waals surface area contributed by atoms with Gasteiger partial charge in [0, 0.05) is 24.7 Å². The monoisotopic (exact) mass is 306 g/mol. The average Bonchev–Trinajstić information content (AvgIpc) is 2.44. The van der Waals surface area contributed by atoms with Crippen LogP contribution in [0.5, 0.6) is 0 Å². The van der Waals surface area contributed by atoms with Gasteiger partial charge in [-0.1, -0.05) is 50.3 Å². The molecule has 4 unspecified atom stereocenters. The summed E-state index contributed by atoms with van der Waals surface area (Å²) in [5.41, 5.74) is 7.37. The minimum atomic E-state index is -0.467. The zero-order chi connectivity index (χ0) is 15.6. The number of β-amino-alcohol motifs (C(OH)–C–C–N with tert-alkyl or cyclic N) is 1. The molecule has 0 spiro atoms. The minimum absolute atomic E-state index is 0.392. The van der Waals surface area contributed by atoms with Crippen LogP contribution in [0.3, 0.4) is 0 Å². The summed E-state index contributed by atoms with van der Waals surface area (Å²) in [5.74, 6) is 1.37. The Hall–Kier alpha value is -0.970. The lowest BCUT2D eigenvalue weighted by atomic mass is 9.85. The SMILES string of the molecule is CC1CC(C)C(C)N(CC(O)c2ccc(C(N)=S)cc2)C1. The van der Waals surface area contributed by atoms with E-state index in [1.807, 2.05) is 24.3 Å². The highest BCUT2D eigenvalue weighted by Gasteiger charge is 2.30. The molecule has 0 aliphatic carbocycles. The Kier molecular flexibility index (Phi) is 5.36. The van der Waals surface area contributed by atoms with Gasteiger partial charge >= 0.3 is 0 Å². The largest absolute Gasteiger partial charge is 0.389 e. The molecule has 3 N–H and O–H groups in total. The maximum absolute atomic E-state index is 10.5. The number of rotatable bonds is 4. The summed E-state index contributed by atoms with van der Waals surface area (Å²) in [6.07, 6.45) is 0.807. The molecule has 21 heavy (non-hydrogen) atoms. The predicted molar refractivity (Wildman–Crippen MR) is 91.3 cm³/mol. The number of aliphatic hydroxyl groups excluding tert-OH is 1. The molecule has 4 heteroatoms. The quantitative estimate of drug-likeness (QED) is 0.840. The molecule has 1 aromatic rings. The van der Waals surface area contributed by atoms with Gasteiger partial charge in [-0.25, -0.2) is 0 Å². The lowest BCUT2D eigenvalue weighted by Gasteiger charge is -2.42. The van der Waals surface area contributed by atoms with E-state index in [-0.39, 0.29) is 0 Å². The van der Waals surface area contributed by atoms with Gasteiger partial charge in [0.05, 0.1) is 6.10 Å². The van der Waals surface area contributed by atoms with Crippen molar-refractivity contribution in [2.45, 2.75) is 39.3 Å². The van der Waals surface area contributed by atoms with Gasteiger partial charge in [0.15, 0.2) is 0 Å². The van der Waals surface area contributed by atoms with Crippen LogP contribution in [0.1, 0.15) is 44.4 Å². The third-order valence-electron chi connectivity index (χ3n) is 4.71. The van der Waals surface area contributed by atoms with Crippen molar-refractivity contribution in [3.05, 3.63) is 35.4 Å². The fourth-order valence-electron chi connectivity index (χ4n) is 3.27. The van der Waals surface area contributed by atoms with Crippen LogP contribution in [0.4, 0.5) is 0 Å². The summed E-state index contributed by atoms with van der Waals surface area (Å²) in [5, 5.41) is 10.5. The van der Waals surface area contributed by atoms with Crippen LogP contribution in [-0.4, -0.2) is 34.1 Å². The summed E-state index contributed by atoms with van der Waals surface area (Å²) >= 11 is 4.95. The van der Waals surface area contributed by atoms with Crippen LogP contribution >= 0.6 is 12.2 Å². The topological polar surface area (TPSA) is 49.5 Å². The second-order valence-electron chi connectivity index (χ2n) is 6.51. The molecule has 1 fully saturated rings. The summed E-state index contributed by atoms with van der Waals surface area (Å²) in [4.78, 5) is 2.80. The fraction of sp³-hybridized carbons (Fsp3) is 0.588. The lowest BCUT2D eigenvalue weighted by Crippen LogP contribution is -2.47. The van der Waals surface area contributed by atoms with Crippen molar-refractivity contribution in [3.63, 3.8) is 0 Å². The van der Waals surface area contributed by atoms with E-state index in [0.717, 1.165) is 17.7 Å². The van der Waals surface area contributed by atoms with Crippen molar-refractivity contribution in [1.29, 1.82) is 0 Å². The third-order valence-corrected chi connectivity index (χ3v) is 4.94. The molecule has 1 aliphatic rings. The van der Waals surface area contributed by atoms with E-state index in [2.05, 4.69) is 25.7 Å². The fourth-order valence-corrected chi connectivity index (χ4v) is 3.41. The maximum Gasteiger partial charge on any atom is 0.103 e. The molecule has 1 aromatic carbocycles. The van der Waals surface area contributed by atoms with Gasteiger partial charge in [0.25, 0.3) is 0 Å².